The molecule has 17 heavy (non-hydrogen) atoms. The lowest BCUT2D eigenvalue weighted by Gasteiger charge is -2.46. The van der Waals surface area contributed by atoms with Gasteiger partial charge in [-0.05, 0) is 19.8 Å². The molecular formula is C10H18N2O4S. The number of piperidine rings is 1. The summed E-state index contributed by atoms with van der Waals surface area (Å²) in [6.45, 7) is 2.90. The van der Waals surface area contributed by atoms with Gasteiger partial charge in [0.05, 0.1) is 17.9 Å². The minimum absolute atomic E-state index is 0.0644. The molecule has 2 aliphatic heterocycles. The van der Waals surface area contributed by atoms with Crippen LogP contribution in [0.1, 0.15) is 19.8 Å². The highest BCUT2D eigenvalue weighted by molar-refractivity contribution is 7.88. The van der Waals surface area contributed by atoms with Crippen LogP contribution in [0.5, 0.6) is 0 Å². The largest absolute Gasteiger partial charge is 0.363 e. The van der Waals surface area contributed by atoms with E-state index in [1.54, 1.807) is 0 Å². The van der Waals surface area contributed by atoms with Gasteiger partial charge < -0.3 is 10.1 Å². The number of rotatable bonds is 1. The molecule has 0 aromatic carbocycles. The number of nitrogens with one attached hydrogen (secondary N) is 1. The molecule has 0 aromatic heterocycles. The van der Waals surface area contributed by atoms with Crippen molar-refractivity contribution in [3.05, 3.63) is 0 Å². The average Bonchev–Trinajstić information content (AvgIpc) is 2.24. The SMILES string of the molecule is C[C@H]1NC(=O)COC12CCN(S(C)(=O)=O)CC2. The van der Waals surface area contributed by atoms with Crippen molar-refractivity contribution >= 4 is 15.9 Å². The summed E-state index contributed by atoms with van der Waals surface area (Å²) in [6.07, 6.45) is 2.47. The highest BCUT2D eigenvalue weighted by Gasteiger charge is 2.45. The van der Waals surface area contributed by atoms with Crippen LogP contribution in [0.15, 0.2) is 0 Å². The third-order valence-electron chi connectivity index (χ3n) is 3.70. The van der Waals surface area contributed by atoms with Crippen LogP contribution >= 0.6 is 0 Å². The first kappa shape index (κ1) is 12.8. The van der Waals surface area contributed by atoms with Gasteiger partial charge >= 0.3 is 0 Å². The molecule has 6 nitrogen and oxygen atoms in total. The molecule has 7 heteroatoms. The monoisotopic (exact) mass is 262 g/mol. The molecule has 98 valence electrons. The summed E-state index contributed by atoms with van der Waals surface area (Å²) in [6, 6.07) is -0.0644. The van der Waals surface area contributed by atoms with E-state index in [4.69, 9.17) is 4.74 Å². The van der Waals surface area contributed by atoms with Crippen LogP contribution in [0.3, 0.4) is 0 Å². The standard InChI is InChI=1S/C10H18N2O4S/c1-8-10(16-7-9(13)11-8)3-5-12(6-4-10)17(2,14)15/h8H,3-7H2,1-2H3,(H,11,13)/t8-/m1/s1. The first-order valence-electron chi connectivity index (χ1n) is 5.72. The van der Waals surface area contributed by atoms with E-state index in [2.05, 4.69) is 5.32 Å². The van der Waals surface area contributed by atoms with Crippen LogP contribution in [0, 0.1) is 0 Å². The van der Waals surface area contributed by atoms with Gasteiger partial charge in [-0.1, -0.05) is 0 Å². The molecule has 0 radical (unpaired) electrons. The molecule has 2 saturated heterocycles. The highest BCUT2D eigenvalue weighted by atomic mass is 32.2. The van der Waals surface area contributed by atoms with Crippen molar-refractivity contribution in [1.82, 2.24) is 9.62 Å². The second kappa shape index (κ2) is 4.22. The van der Waals surface area contributed by atoms with Crippen molar-refractivity contribution in [3.8, 4) is 0 Å². The van der Waals surface area contributed by atoms with Gasteiger partial charge in [-0.15, -0.1) is 0 Å². The number of amides is 1. The first-order chi connectivity index (χ1) is 7.83. The molecule has 1 spiro atoms. The van der Waals surface area contributed by atoms with Gasteiger partial charge in [-0.2, -0.15) is 0 Å². The number of sulfonamides is 1. The molecule has 0 unspecified atom stereocenters. The molecule has 1 amide bonds. The van der Waals surface area contributed by atoms with Crippen LogP contribution < -0.4 is 5.32 Å². The maximum atomic E-state index is 11.4. The summed E-state index contributed by atoms with van der Waals surface area (Å²) >= 11 is 0. The van der Waals surface area contributed by atoms with E-state index in [1.807, 2.05) is 6.92 Å². The summed E-state index contributed by atoms with van der Waals surface area (Å²) in [5.41, 5.74) is -0.394. The van der Waals surface area contributed by atoms with Crippen LogP contribution in [-0.4, -0.2) is 56.2 Å². The fourth-order valence-electron chi connectivity index (χ4n) is 2.52. The fraction of sp³-hybridized carbons (Fsp3) is 0.900. The number of hydrogen-bond acceptors (Lipinski definition) is 4. The van der Waals surface area contributed by atoms with E-state index < -0.39 is 15.6 Å². The minimum Gasteiger partial charge on any atom is -0.363 e. The topological polar surface area (TPSA) is 75.7 Å². The number of ether oxygens (including phenoxy) is 1. The van der Waals surface area contributed by atoms with Crippen molar-refractivity contribution in [1.29, 1.82) is 0 Å². The van der Waals surface area contributed by atoms with Gasteiger partial charge in [0.2, 0.25) is 15.9 Å². The van der Waals surface area contributed by atoms with E-state index in [-0.39, 0.29) is 18.6 Å². The highest BCUT2D eigenvalue weighted by Crippen LogP contribution is 2.32. The lowest BCUT2D eigenvalue weighted by Crippen LogP contribution is -2.62. The third kappa shape index (κ3) is 2.46. The van der Waals surface area contributed by atoms with E-state index in [0.717, 1.165) is 0 Å². The van der Waals surface area contributed by atoms with Gasteiger partial charge in [0.15, 0.2) is 0 Å². The second-order valence-electron chi connectivity index (χ2n) is 4.80. The Morgan fingerprint density at radius 3 is 2.47 bits per heavy atom. The summed E-state index contributed by atoms with van der Waals surface area (Å²) < 4.78 is 29.9. The molecule has 1 atom stereocenters. The van der Waals surface area contributed by atoms with E-state index >= 15 is 0 Å². The molecule has 0 aromatic rings. The number of carbonyl (C=O) groups excluding carboxylic acids is 1. The Bertz CT molecular complexity index is 412. The zero-order valence-corrected chi connectivity index (χ0v) is 10.9. The van der Waals surface area contributed by atoms with Crippen molar-refractivity contribution in [2.24, 2.45) is 0 Å². The third-order valence-corrected chi connectivity index (χ3v) is 5.00. The summed E-state index contributed by atoms with van der Waals surface area (Å²) in [4.78, 5) is 11.2. The van der Waals surface area contributed by atoms with Gasteiger partial charge in [-0.25, -0.2) is 12.7 Å². The Morgan fingerprint density at radius 1 is 1.41 bits per heavy atom. The first-order valence-corrected chi connectivity index (χ1v) is 7.57. The maximum absolute atomic E-state index is 11.4. The molecule has 0 saturated carbocycles. The van der Waals surface area contributed by atoms with Gasteiger partial charge in [0.1, 0.15) is 6.61 Å². The summed E-state index contributed by atoms with van der Waals surface area (Å²) in [5, 5.41) is 2.86. The Kier molecular flexibility index (Phi) is 3.17. The Balaban J connectivity index is 2.05. The Hall–Kier alpha value is -0.660. The molecule has 2 heterocycles. The predicted octanol–water partition coefficient (Wildman–Crippen LogP) is -0.684. The zero-order chi connectivity index (χ0) is 12.7. The maximum Gasteiger partial charge on any atom is 0.246 e. The lowest BCUT2D eigenvalue weighted by atomic mass is 9.84. The molecule has 0 bridgehead atoms. The van der Waals surface area contributed by atoms with Crippen molar-refractivity contribution in [3.63, 3.8) is 0 Å². The van der Waals surface area contributed by atoms with Crippen LogP contribution in [0.25, 0.3) is 0 Å². The molecule has 2 rings (SSSR count). The van der Waals surface area contributed by atoms with Gasteiger partial charge in [0.25, 0.3) is 0 Å². The van der Waals surface area contributed by atoms with Crippen molar-refractivity contribution in [2.45, 2.75) is 31.4 Å². The number of morpholine rings is 1. The Labute approximate surface area is 101 Å². The van der Waals surface area contributed by atoms with Crippen molar-refractivity contribution in [2.75, 3.05) is 26.0 Å². The van der Waals surface area contributed by atoms with Crippen LogP contribution in [0.2, 0.25) is 0 Å². The number of carbonyl (C=O) groups is 1. The van der Waals surface area contributed by atoms with E-state index in [9.17, 15) is 13.2 Å². The molecule has 2 aliphatic rings. The van der Waals surface area contributed by atoms with Gasteiger partial charge in [0, 0.05) is 13.1 Å². The molecule has 0 aliphatic carbocycles. The fourth-order valence-corrected chi connectivity index (χ4v) is 3.37. The molecule has 1 N–H and O–H groups in total. The number of hydrogen-bond donors (Lipinski definition) is 1. The Morgan fingerprint density at radius 2 is 2.00 bits per heavy atom. The second-order valence-corrected chi connectivity index (χ2v) is 6.79. The van der Waals surface area contributed by atoms with E-state index in [0.29, 0.717) is 25.9 Å². The lowest BCUT2D eigenvalue weighted by molar-refractivity contribution is -0.157. The number of nitrogens with zero attached hydrogens (tertiary/aromatic N) is 1. The molecule has 2 fully saturated rings. The summed E-state index contributed by atoms with van der Waals surface area (Å²) in [5.74, 6) is -0.103. The zero-order valence-electron chi connectivity index (χ0n) is 10.1. The smallest absolute Gasteiger partial charge is 0.246 e. The van der Waals surface area contributed by atoms with Crippen molar-refractivity contribution < 1.29 is 17.9 Å². The van der Waals surface area contributed by atoms with Gasteiger partial charge in [-0.3, -0.25) is 4.79 Å². The van der Waals surface area contributed by atoms with Crippen LogP contribution in [0.4, 0.5) is 0 Å². The predicted molar refractivity (Wildman–Crippen MR) is 61.9 cm³/mol. The minimum atomic E-state index is -3.12. The quantitative estimate of drug-likeness (QED) is 0.679. The molecular weight excluding hydrogens is 244 g/mol. The summed E-state index contributed by atoms with van der Waals surface area (Å²) in [7, 11) is -3.12. The van der Waals surface area contributed by atoms with Crippen LogP contribution in [-0.2, 0) is 19.6 Å². The average molecular weight is 262 g/mol. The van der Waals surface area contributed by atoms with E-state index in [1.165, 1.54) is 10.6 Å². The normalized spacial score (nSPS) is 30.2.